The molecule has 0 aliphatic carbocycles. The Morgan fingerprint density at radius 2 is 1.55 bits per heavy atom. The number of aromatic amines is 1. The van der Waals surface area contributed by atoms with E-state index in [1.54, 1.807) is 0 Å². The van der Waals surface area contributed by atoms with Gasteiger partial charge in [0.25, 0.3) is 0 Å². The summed E-state index contributed by atoms with van der Waals surface area (Å²) < 4.78 is 2.25. The van der Waals surface area contributed by atoms with Crippen LogP contribution in [0.25, 0.3) is 60.2 Å². The van der Waals surface area contributed by atoms with Crippen molar-refractivity contribution >= 4 is 71.8 Å². The second-order valence-corrected chi connectivity index (χ2v) is 7.94. The van der Waals surface area contributed by atoms with Crippen molar-refractivity contribution in [2.75, 3.05) is 0 Å². The summed E-state index contributed by atoms with van der Waals surface area (Å²) in [4.78, 5) is 8.64. The van der Waals surface area contributed by atoms with E-state index < -0.39 is 0 Å². The molecule has 3 aromatic heterocycles. The molecule has 4 aromatic carbocycles. The Labute approximate surface area is 170 Å². The van der Waals surface area contributed by atoms with Gasteiger partial charge in [0.2, 0.25) is 0 Å². The zero-order valence-electron chi connectivity index (χ0n) is 15.3. The minimum absolute atomic E-state index is 0.732. The number of nitrogens with one attached hydrogen (secondary N) is 1. The molecule has 3 nitrogen and oxygen atoms in total. The van der Waals surface area contributed by atoms with Gasteiger partial charge in [0.05, 0.1) is 22.1 Å². The molecule has 0 unspecified atom stereocenters. The van der Waals surface area contributed by atoms with E-state index in [4.69, 9.17) is 16.6 Å². The second kappa shape index (κ2) is 5.28. The van der Waals surface area contributed by atoms with Gasteiger partial charge in [0, 0.05) is 37.5 Å². The predicted octanol–water partition coefficient (Wildman–Crippen LogP) is 7.08. The Morgan fingerprint density at radius 1 is 0.724 bits per heavy atom. The van der Waals surface area contributed by atoms with Crippen LogP contribution in [-0.2, 0) is 0 Å². The Hall–Kier alpha value is -3.56. The number of hydrogen-bond acceptors (Lipinski definition) is 1. The number of hydrogen-bond donors (Lipinski definition) is 1. The van der Waals surface area contributed by atoms with Gasteiger partial charge in [-0.3, -0.25) is 4.40 Å². The average Bonchev–Trinajstić information content (AvgIpc) is 3.32. The maximum absolute atomic E-state index is 6.46. The van der Waals surface area contributed by atoms with Crippen molar-refractivity contribution in [3.8, 4) is 0 Å². The first-order chi connectivity index (χ1) is 14.3. The molecule has 0 amide bonds. The Balaban J connectivity index is 1.87. The van der Waals surface area contributed by atoms with Crippen LogP contribution < -0.4 is 0 Å². The molecule has 0 atom stereocenters. The van der Waals surface area contributed by atoms with E-state index in [9.17, 15) is 0 Å². The molecule has 0 fully saturated rings. The molecule has 0 aliphatic heterocycles. The number of fused-ring (bicyclic) bond motifs is 12. The predicted molar refractivity (Wildman–Crippen MR) is 122 cm³/mol. The molecule has 0 bridgehead atoms. The van der Waals surface area contributed by atoms with Crippen LogP contribution in [0.15, 0.2) is 78.9 Å². The second-order valence-electron chi connectivity index (χ2n) is 7.50. The van der Waals surface area contributed by atoms with Crippen molar-refractivity contribution in [2.24, 2.45) is 0 Å². The Bertz CT molecular complexity index is 1770. The van der Waals surface area contributed by atoms with Gasteiger partial charge in [-0.25, -0.2) is 4.98 Å². The molecular formula is C25H14ClN3. The minimum Gasteiger partial charge on any atom is -0.354 e. The number of aromatic nitrogens is 3. The van der Waals surface area contributed by atoms with Crippen LogP contribution in [0.2, 0.25) is 5.02 Å². The van der Waals surface area contributed by atoms with Crippen molar-refractivity contribution in [3.05, 3.63) is 83.9 Å². The third kappa shape index (κ3) is 1.90. The summed E-state index contributed by atoms with van der Waals surface area (Å²) in [6.07, 6.45) is 0. The topological polar surface area (TPSA) is 33.1 Å². The van der Waals surface area contributed by atoms with Crippen LogP contribution in [0, 0.1) is 0 Å². The number of pyridine rings is 1. The van der Waals surface area contributed by atoms with Crippen molar-refractivity contribution < 1.29 is 0 Å². The lowest BCUT2D eigenvalue weighted by Crippen LogP contribution is -1.92. The van der Waals surface area contributed by atoms with Crippen LogP contribution in [0.4, 0.5) is 0 Å². The van der Waals surface area contributed by atoms with Crippen molar-refractivity contribution in [1.82, 2.24) is 14.4 Å². The largest absolute Gasteiger partial charge is 0.354 e. The van der Waals surface area contributed by atoms with Crippen LogP contribution in [-0.4, -0.2) is 14.4 Å². The average molecular weight is 392 g/mol. The van der Waals surface area contributed by atoms with E-state index in [2.05, 4.69) is 76.1 Å². The molecule has 0 spiro atoms. The van der Waals surface area contributed by atoms with Gasteiger partial charge in [0.1, 0.15) is 5.65 Å². The number of H-pyrrole nitrogens is 1. The number of rotatable bonds is 0. The highest BCUT2D eigenvalue weighted by Gasteiger charge is 2.17. The fourth-order valence-electron chi connectivity index (χ4n) is 4.74. The maximum atomic E-state index is 6.46. The fourth-order valence-corrected chi connectivity index (χ4v) is 4.91. The lowest BCUT2D eigenvalue weighted by Gasteiger charge is -2.10. The highest BCUT2D eigenvalue weighted by atomic mass is 35.5. The quantitative estimate of drug-likeness (QED) is 0.275. The van der Waals surface area contributed by atoms with Gasteiger partial charge < -0.3 is 4.98 Å². The Kier molecular flexibility index (Phi) is 2.80. The molecule has 4 heteroatoms. The third-order valence-corrected chi connectivity index (χ3v) is 6.19. The first kappa shape index (κ1) is 15.4. The summed E-state index contributed by atoms with van der Waals surface area (Å²) in [5.41, 5.74) is 6.44. The summed E-state index contributed by atoms with van der Waals surface area (Å²) in [7, 11) is 0. The van der Waals surface area contributed by atoms with Gasteiger partial charge in [-0.2, -0.15) is 0 Å². The van der Waals surface area contributed by atoms with Gasteiger partial charge in [-0.15, -0.1) is 0 Å². The monoisotopic (exact) mass is 391 g/mol. The van der Waals surface area contributed by atoms with Crippen LogP contribution in [0.5, 0.6) is 0 Å². The van der Waals surface area contributed by atoms with Crippen molar-refractivity contribution in [1.29, 1.82) is 0 Å². The highest BCUT2D eigenvalue weighted by molar-refractivity contribution is 6.33. The minimum atomic E-state index is 0.732. The molecular weight excluding hydrogens is 378 g/mol. The van der Waals surface area contributed by atoms with E-state index >= 15 is 0 Å². The van der Waals surface area contributed by atoms with Gasteiger partial charge >= 0.3 is 0 Å². The molecule has 3 heterocycles. The van der Waals surface area contributed by atoms with E-state index in [0.717, 1.165) is 49.0 Å². The molecule has 136 valence electrons. The molecule has 0 saturated carbocycles. The van der Waals surface area contributed by atoms with Gasteiger partial charge in [0.15, 0.2) is 0 Å². The maximum Gasteiger partial charge on any atom is 0.146 e. The standard InChI is InChI=1S/C25H14ClN3/c26-14-9-12-21-18(13-14)23-17(25-28-20-7-3-4-8-22(20)29(21)25)11-10-16-15-5-1-2-6-19(15)27-24(16)23/h1-13,27H. The first-order valence-electron chi connectivity index (χ1n) is 9.61. The summed E-state index contributed by atoms with van der Waals surface area (Å²) >= 11 is 6.46. The normalized spacial score (nSPS) is 12.3. The van der Waals surface area contributed by atoms with Crippen LogP contribution in [0.1, 0.15) is 0 Å². The molecule has 7 aromatic rings. The Morgan fingerprint density at radius 3 is 2.52 bits per heavy atom. The molecule has 7 rings (SSSR count). The van der Waals surface area contributed by atoms with Gasteiger partial charge in [-0.05, 0) is 42.5 Å². The molecule has 0 radical (unpaired) electrons. The van der Waals surface area contributed by atoms with E-state index in [1.165, 1.54) is 16.2 Å². The summed E-state index contributed by atoms with van der Waals surface area (Å²) in [6, 6.07) is 27.2. The van der Waals surface area contributed by atoms with E-state index in [0.29, 0.717) is 0 Å². The van der Waals surface area contributed by atoms with Gasteiger partial charge in [-0.1, -0.05) is 48.0 Å². The number of benzene rings is 4. The molecule has 0 aliphatic rings. The zero-order valence-corrected chi connectivity index (χ0v) is 16.0. The SMILES string of the molecule is Clc1ccc2c(c1)c1c(ccc3c4ccccc4[nH]c31)c1nc3ccccc3n21. The number of nitrogens with zero attached hydrogens (tertiary/aromatic N) is 2. The fraction of sp³-hybridized carbons (Fsp3) is 0. The highest BCUT2D eigenvalue weighted by Crippen LogP contribution is 2.39. The van der Waals surface area contributed by atoms with E-state index in [-0.39, 0.29) is 0 Å². The lowest BCUT2D eigenvalue weighted by molar-refractivity contribution is 1.32. The lowest BCUT2D eigenvalue weighted by atomic mass is 10.0. The molecule has 0 saturated heterocycles. The summed E-state index contributed by atoms with van der Waals surface area (Å²) in [5.74, 6) is 0. The van der Waals surface area contributed by atoms with Crippen LogP contribution in [0.3, 0.4) is 0 Å². The third-order valence-electron chi connectivity index (χ3n) is 5.95. The van der Waals surface area contributed by atoms with Crippen molar-refractivity contribution in [2.45, 2.75) is 0 Å². The van der Waals surface area contributed by atoms with E-state index in [1.807, 2.05) is 12.1 Å². The summed E-state index contributed by atoms with van der Waals surface area (Å²) in [6.45, 7) is 0. The number of imidazole rings is 1. The smallest absolute Gasteiger partial charge is 0.146 e. The molecule has 29 heavy (non-hydrogen) atoms. The number of halogens is 1. The zero-order chi connectivity index (χ0) is 19.1. The first-order valence-corrected chi connectivity index (χ1v) is 9.99. The summed E-state index contributed by atoms with van der Waals surface area (Å²) in [5, 5.41) is 6.59. The number of para-hydroxylation sites is 3. The molecule has 1 N–H and O–H groups in total. The van der Waals surface area contributed by atoms with Crippen LogP contribution >= 0.6 is 11.6 Å². The van der Waals surface area contributed by atoms with Crippen molar-refractivity contribution in [3.63, 3.8) is 0 Å².